The maximum atomic E-state index is 10.2. The van der Waals surface area contributed by atoms with Crippen molar-refractivity contribution in [2.45, 2.75) is 0 Å². The molecule has 0 aromatic heterocycles. The average Bonchev–Trinajstić information content (AvgIpc) is 1.83. The zero-order valence-corrected chi connectivity index (χ0v) is 8.92. The minimum Gasteiger partial charge on any atom is -0.314 e. The molecule has 0 bridgehead atoms. The van der Waals surface area contributed by atoms with Crippen molar-refractivity contribution in [2.24, 2.45) is 5.84 Å². The van der Waals surface area contributed by atoms with Crippen LogP contribution in [0.1, 0.15) is 0 Å². The van der Waals surface area contributed by atoms with Gasteiger partial charge in [-0.25, -0.2) is 5.43 Å². The molecule has 0 aromatic carbocycles. The normalized spacial score (nSPS) is 12.2. The molecule has 1 radical (unpaired) electrons. The van der Waals surface area contributed by atoms with Crippen molar-refractivity contribution in [3.8, 4) is 0 Å². The molecule has 0 heterocycles. The Morgan fingerprint density at radius 1 is 1.78 bits per heavy atom. The Balaban J connectivity index is 0. The van der Waals surface area contributed by atoms with Gasteiger partial charge >= 0.3 is 8.25 Å². The number of rotatable bonds is 4. The second-order valence-electron chi connectivity index (χ2n) is 0.947. The molecule has 3 N–H and O–H groups in total. The van der Waals surface area contributed by atoms with Gasteiger partial charge in [-0.15, -0.1) is 0 Å². The van der Waals surface area contributed by atoms with Crippen LogP contribution in [-0.2, 0) is 46.3 Å². The van der Waals surface area contributed by atoms with Crippen molar-refractivity contribution in [2.75, 3.05) is 13.8 Å². The summed E-state index contributed by atoms with van der Waals surface area (Å²) in [5.41, 5.74) is 2.16. The SMILES string of the molecule is CO[PH](=O)OCNN.[Y]. The molecule has 0 rings (SSSR count). The van der Waals surface area contributed by atoms with Crippen molar-refractivity contribution in [1.29, 1.82) is 0 Å². The van der Waals surface area contributed by atoms with Gasteiger partial charge in [0.2, 0.25) is 0 Å². The summed E-state index contributed by atoms with van der Waals surface area (Å²) < 4.78 is 18.9. The fraction of sp³-hybridized carbons (Fsp3) is 1.00. The van der Waals surface area contributed by atoms with Gasteiger partial charge in [-0.3, -0.25) is 14.9 Å². The number of hydrogen-bond acceptors (Lipinski definition) is 5. The number of hydrogen-bond donors (Lipinski definition) is 2. The minimum atomic E-state index is -2.28. The van der Waals surface area contributed by atoms with Crippen molar-refractivity contribution >= 4 is 8.25 Å². The van der Waals surface area contributed by atoms with E-state index in [2.05, 4.69) is 14.5 Å². The van der Waals surface area contributed by atoms with E-state index in [1.807, 2.05) is 0 Å². The third-order valence-corrected chi connectivity index (χ3v) is 1.15. The van der Waals surface area contributed by atoms with Gasteiger partial charge in [-0.2, -0.15) is 0 Å². The van der Waals surface area contributed by atoms with Crippen LogP contribution in [0.4, 0.5) is 0 Å². The van der Waals surface area contributed by atoms with E-state index >= 15 is 0 Å². The Kier molecular flexibility index (Phi) is 13.1. The van der Waals surface area contributed by atoms with Crippen molar-refractivity contribution < 1.29 is 46.3 Å². The molecule has 1 unspecified atom stereocenters. The molecule has 0 amide bonds. The van der Waals surface area contributed by atoms with E-state index in [1.54, 1.807) is 0 Å². The summed E-state index contributed by atoms with van der Waals surface area (Å²) in [6.45, 7) is 0.0473. The predicted octanol–water partition coefficient (Wildman–Crippen LogP) is -0.543. The Hall–Kier alpha value is 1.17. The van der Waals surface area contributed by atoms with Gasteiger partial charge in [0.25, 0.3) is 0 Å². The summed E-state index contributed by atoms with van der Waals surface area (Å²) in [4.78, 5) is 0. The second-order valence-corrected chi connectivity index (χ2v) is 2.14. The van der Waals surface area contributed by atoms with Gasteiger partial charge in [-0.05, 0) is 0 Å². The standard InChI is InChI=1S/C2H9N2O3P.Y/c1-6-8(5)7-2-4-3;/h4,8H,2-3H2,1H3;. The van der Waals surface area contributed by atoms with Crippen LogP contribution in [0.25, 0.3) is 0 Å². The molecule has 5 nitrogen and oxygen atoms in total. The molecule has 9 heavy (non-hydrogen) atoms. The number of hydrazine groups is 1. The van der Waals surface area contributed by atoms with E-state index in [4.69, 9.17) is 5.84 Å². The van der Waals surface area contributed by atoms with Crippen molar-refractivity contribution in [3.05, 3.63) is 0 Å². The Labute approximate surface area is 79.5 Å². The molecule has 0 aliphatic heterocycles. The molecule has 7 heteroatoms. The average molecular weight is 229 g/mol. The molecule has 0 saturated carbocycles. The van der Waals surface area contributed by atoms with Crippen molar-refractivity contribution in [1.82, 2.24) is 5.43 Å². The smallest absolute Gasteiger partial charge is 0.314 e. The number of nitrogens with one attached hydrogen (secondary N) is 1. The largest absolute Gasteiger partial charge is 0.320 e. The molecule has 1 atom stereocenters. The molecular formula is C2H9N2O3PY. The Morgan fingerprint density at radius 3 is 2.67 bits per heavy atom. The van der Waals surface area contributed by atoms with E-state index in [0.717, 1.165) is 0 Å². The summed E-state index contributed by atoms with van der Waals surface area (Å²) in [5.74, 6) is 4.78. The molecule has 0 aromatic rings. The second kappa shape index (κ2) is 9.17. The van der Waals surface area contributed by atoms with Crippen LogP contribution >= 0.6 is 8.25 Å². The summed E-state index contributed by atoms with van der Waals surface area (Å²) in [7, 11) is -0.981. The minimum absolute atomic E-state index is 0. The summed E-state index contributed by atoms with van der Waals surface area (Å²) in [6, 6.07) is 0. The van der Waals surface area contributed by atoms with Gasteiger partial charge < -0.3 is 4.52 Å². The van der Waals surface area contributed by atoms with Gasteiger partial charge in [-0.1, -0.05) is 0 Å². The van der Waals surface area contributed by atoms with Crippen LogP contribution < -0.4 is 11.3 Å². The van der Waals surface area contributed by atoms with Crippen LogP contribution in [-0.4, -0.2) is 13.8 Å². The first kappa shape index (κ1) is 12.8. The first-order valence-corrected chi connectivity index (χ1v) is 3.18. The monoisotopic (exact) mass is 229 g/mol. The van der Waals surface area contributed by atoms with Gasteiger partial charge in [0.05, 0.1) is 0 Å². The van der Waals surface area contributed by atoms with Gasteiger partial charge in [0, 0.05) is 39.8 Å². The Bertz CT molecular complexity index is 82.2. The summed E-state index contributed by atoms with van der Waals surface area (Å²) in [5, 5.41) is 0. The number of nitrogens with two attached hydrogens (primary N) is 1. The van der Waals surface area contributed by atoms with E-state index in [0.29, 0.717) is 0 Å². The molecule has 0 fully saturated rings. The zero-order valence-electron chi connectivity index (χ0n) is 5.09. The predicted molar refractivity (Wildman–Crippen MR) is 29.3 cm³/mol. The third kappa shape index (κ3) is 9.17. The van der Waals surface area contributed by atoms with Crippen LogP contribution in [0.3, 0.4) is 0 Å². The Morgan fingerprint density at radius 2 is 2.33 bits per heavy atom. The first-order chi connectivity index (χ1) is 3.81. The molecule has 0 aliphatic rings. The van der Waals surface area contributed by atoms with Crippen LogP contribution in [0, 0.1) is 0 Å². The third-order valence-electron chi connectivity index (χ3n) is 0.440. The van der Waals surface area contributed by atoms with E-state index in [1.165, 1.54) is 7.11 Å². The fourth-order valence-corrected chi connectivity index (χ4v) is 0.479. The maximum absolute atomic E-state index is 10.2. The van der Waals surface area contributed by atoms with E-state index < -0.39 is 8.25 Å². The van der Waals surface area contributed by atoms with Crippen molar-refractivity contribution in [3.63, 3.8) is 0 Å². The maximum Gasteiger partial charge on any atom is 0.320 e. The van der Waals surface area contributed by atoms with Crippen LogP contribution in [0.2, 0.25) is 0 Å². The van der Waals surface area contributed by atoms with E-state index in [-0.39, 0.29) is 39.4 Å². The molecular weight excluding hydrogens is 220 g/mol. The summed E-state index contributed by atoms with van der Waals surface area (Å²) in [6.07, 6.45) is 0. The zero-order chi connectivity index (χ0) is 6.41. The molecule has 0 spiro atoms. The van der Waals surface area contributed by atoms with Crippen LogP contribution in [0.5, 0.6) is 0 Å². The summed E-state index contributed by atoms with van der Waals surface area (Å²) >= 11 is 0. The quantitative estimate of drug-likeness (QED) is 0.293. The van der Waals surface area contributed by atoms with Crippen LogP contribution in [0.15, 0.2) is 0 Å². The van der Waals surface area contributed by atoms with Gasteiger partial charge in [0.15, 0.2) is 0 Å². The molecule has 0 aliphatic carbocycles. The molecule has 53 valence electrons. The fourth-order valence-electron chi connectivity index (χ4n) is 0.160. The topological polar surface area (TPSA) is 73.6 Å². The molecule has 0 saturated heterocycles. The van der Waals surface area contributed by atoms with Gasteiger partial charge in [0.1, 0.15) is 6.73 Å². The van der Waals surface area contributed by atoms with E-state index in [9.17, 15) is 4.57 Å². The first-order valence-electron chi connectivity index (χ1n) is 1.95.